The van der Waals surface area contributed by atoms with Crippen LogP contribution in [0.1, 0.15) is 37.0 Å². The second kappa shape index (κ2) is 13.3. The van der Waals surface area contributed by atoms with Crippen molar-refractivity contribution in [2.75, 3.05) is 51.4 Å². The van der Waals surface area contributed by atoms with Gasteiger partial charge in [0.05, 0.1) is 20.0 Å². The lowest BCUT2D eigenvalue weighted by Crippen LogP contribution is -2.36. The maximum atomic E-state index is 13.6. The van der Waals surface area contributed by atoms with E-state index in [0.717, 1.165) is 19.1 Å². The van der Waals surface area contributed by atoms with Crippen LogP contribution in [0.2, 0.25) is 0 Å². The lowest BCUT2D eigenvalue weighted by Gasteiger charge is -2.23. The number of rotatable bonds is 12. The number of unbranched alkanes of at least 4 members (excludes halogenated alkanes) is 1. The fourth-order valence-electron chi connectivity index (χ4n) is 3.68. The summed E-state index contributed by atoms with van der Waals surface area (Å²) >= 11 is 1.24. The molecule has 0 radical (unpaired) electrons. The van der Waals surface area contributed by atoms with E-state index in [1.807, 2.05) is 32.8 Å². The Hall–Kier alpha value is -2.09. The number of halogens is 1. The van der Waals surface area contributed by atoms with E-state index >= 15 is 0 Å². The molecule has 1 amide bonds. The number of sulfone groups is 1. The summed E-state index contributed by atoms with van der Waals surface area (Å²) in [6.07, 6.45) is 2.82. The van der Waals surface area contributed by atoms with Crippen molar-refractivity contribution in [1.82, 2.24) is 14.2 Å². The van der Waals surface area contributed by atoms with Crippen LogP contribution < -0.4 is 4.90 Å². The summed E-state index contributed by atoms with van der Waals surface area (Å²) in [6.45, 7) is 5.58. The summed E-state index contributed by atoms with van der Waals surface area (Å²) in [6, 6.07) is 10.7. The minimum atomic E-state index is -3.65. The van der Waals surface area contributed by atoms with Gasteiger partial charge in [-0.3, -0.25) is 9.69 Å². The highest BCUT2D eigenvalue weighted by molar-refractivity contribution is 7.90. The molecule has 0 saturated carbocycles. The molecule has 0 aliphatic heterocycles. The molecule has 13 heteroatoms. The number of nitrogens with zero attached hydrogens (tertiary/aromatic N) is 4. The summed E-state index contributed by atoms with van der Waals surface area (Å²) in [7, 11) is -3.23. The van der Waals surface area contributed by atoms with Crippen LogP contribution in [0, 0.1) is 0 Å². The Morgan fingerprint density at radius 1 is 0.921 bits per heavy atom. The minimum absolute atomic E-state index is 0. The van der Waals surface area contributed by atoms with E-state index < -0.39 is 19.9 Å². The first kappa shape index (κ1) is 32.1. The van der Waals surface area contributed by atoms with Crippen LogP contribution >= 0.6 is 23.7 Å². The lowest BCUT2D eigenvalue weighted by molar-refractivity contribution is 0.0985. The summed E-state index contributed by atoms with van der Waals surface area (Å²) in [4.78, 5) is 22.0. The zero-order valence-corrected chi connectivity index (χ0v) is 25.5. The van der Waals surface area contributed by atoms with Crippen LogP contribution in [0.4, 0.5) is 5.13 Å². The number of benzene rings is 2. The van der Waals surface area contributed by atoms with E-state index in [1.165, 1.54) is 46.0 Å². The van der Waals surface area contributed by atoms with E-state index in [1.54, 1.807) is 17.0 Å². The number of anilines is 1. The third-order valence-electron chi connectivity index (χ3n) is 5.88. The molecule has 210 valence electrons. The van der Waals surface area contributed by atoms with E-state index in [2.05, 4.69) is 4.98 Å². The van der Waals surface area contributed by atoms with Gasteiger partial charge in [0.1, 0.15) is 0 Å². The molecule has 0 saturated heterocycles. The highest BCUT2D eigenvalue weighted by atomic mass is 35.5. The van der Waals surface area contributed by atoms with Crippen molar-refractivity contribution in [3.63, 3.8) is 0 Å². The van der Waals surface area contributed by atoms with Crippen LogP contribution in [0.25, 0.3) is 10.2 Å². The molecule has 2 aromatic carbocycles. The third kappa shape index (κ3) is 7.51. The number of carbonyl (C=O) groups excluding carboxylic acids is 1. The number of amides is 1. The molecule has 3 rings (SSSR count). The molecule has 0 spiro atoms. The quantitative estimate of drug-likeness (QED) is 0.306. The molecule has 9 nitrogen and oxygen atoms in total. The van der Waals surface area contributed by atoms with Gasteiger partial charge in [0.25, 0.3) is 5.91 Å². The van der Waals surface area contributed by atoms with Crippen LogP contribution in [-0.2, 0) is 19.9 Å². The molecular weight excluding hydrogens is 568 g/mol. The number of thiazole rings is 1. The van der Waals surface area contributed by atoms with Crippen LogP contribution in [0.15, 0.2) is 52.3 Å². The van der Waals surface area contributed by atoms with Gasteiger partial charge in [-0.1, -0.05) is 31.6 Å². The largest absolute Gasteiger partial charge is 0.308 e. The van der Waals surface area contributed by atoms with Crippen LogP contribution in [0.3, 0.4) is 0 Å². The van der Waals surface area contributed by atoms with E-state index in [4.69, 9.17) is 0 Å². The fraction of sp³-hybridized carbons (Fsp3) is 0.440. The Bertz CT molecular complexity index is 1460. The summed E-state index contributed by atoms with van der Waals surface area (Å²) in [5.41, 5.74) is 0.939. The average molecular weight is 603 g/mol. The molecule has 0 bridgehead atoms. The van der Waals surface area contributed by atoms with Crippen molar-refractivity contribution in [3.05, 3.63) is 48.0 Å². The number of aromatic nitrogens is 1. The molecule has 0 fully saturated rings. The van der Waals surface area contributed by atoms with Crippen molar-refractivity contribution >= 4 is 64.9 Å². The second-order valence-corrected chi connectivity index (χ2v) is 14.0. The highest BCUT2D eigenvalue weighted by Gasteiger charge is 2.25. The second-order valence-electron chi connectivity index (χ2n) is 9.03. The van der Waals surface area contributed by atoms with Crippen molar-refractivity contribution in [1.29, 1.82) is 0 Å². The third-order valence-corrected chi connectivity index (χ3v) is 10.0. The zero-order valence-electron chi connectivity index (χ0n) is 22.2. The molecule has 0 aliphatic carbocycles. The topological polar surface area (TPSA) is 108 Å². The lowest BCUT2D eigenvalue weighted by atomic mass is 10.2. The minimum Gasteiger partial charge on any atom is -0.308 e. The molecule has 0 aliphatic rings. The van der Waals surface area contributed by atoms with Crippen molar-refractivity contribution < 1.29 is 21.6 Å². The molecular formula is C25H35ClN4O5S3. The van der Waals surface area contributed by atoms with Crippen LogP contribution in [-0.4, -0.2) is 83.5 Å². The number of sulfonamides is 1. The predicted octanol–water partition coefficient (Wildman–Crippen LogP) is 4.14. The summed E-state index contributed by atoms with van der Waals surface area (Å²) in [5.74, 6) is -0.313. The Labute approximate surface area is 235 Å². The number of carbonyl (C=O) groups is 1. The normalized spacial score (nSPS) is 12.2. The smallest absolute Gasteiger partial charge is 0.260 e. The van der Waals surface area contributed by atoms with Gasteiger partial charge < -0.3 is 4.90 Å². The first-order chi connectivity index (χ1) is 17.4. The van der Waals surface area contributed by atoms with Gasteiger partial charge in [0, 0.05) is 38.0 Å². The number of hydrogen-bond acceptors (Lipinski definition) is 8. The van der Waals surface area contributed by atoms with E-state index in [-0.39, 0.29) is 28.1 Å². The van der Waals surface area contributed by atoms with Gasteiger partial charge in [-0.15, -0.1) is 12.4 Å². The van der Waals surface area contributed by atoms with Gasteiger partial charge in [0.15, 0.2) is 15.0 Å². The zero-order chi connectivity index (χ0) is 27.4. The monoisotopic (exact) mass is 602 g/mol. The maximum absolute atomic E-state index is 13.6. The predicted molar refractivity (Wildman–Crippen MR) is 156 cm³/mol. The highest BCUT2D eigenvalue weighted by Crippen LogP contribution is 2.31. The first-order valence-electron chi connectivity index (χ1n) is 12.1. The average Bonchev–Trinajstić information content (AvgIpc) is 3.27. The van der Waals surface area contributed by atoms with Crippen molar-refractivity contribution in [2.45, 2.75) is 36.5 Å². The van der Waals surface area contributed by atoms with Crippen molar-refractivity contribution in [3.8, 4) is 0 Å². The Morgan fingerprint density at radius 2 is 1.55 bits per heavy atom. The van der Waals surface area contributed by atoms with Gasteiger partial charge in [-0.25, -0.2) is 21.8 Å². The maximum Gasteiger partial charge on any atom is 0.260 e. The number of hydrogen-bond donors (Lipinski definition) is 0. The Morgan fingerprint density at radius 3 is 2.11 bits per heavy atom. The molecule has 1 aromatic heterocycles. The Kier molecular flexibility index (Phi) is 11.3. The standard InChI is InChI=1S/C25H34N4O5S3.ClH/c1-6-8-15-28(7-2)37(33,34)20-11-9-19(10-12-20)24(30)29(17-16-27(3)4)25-26-22-14-13-21(36(5,31)32)18-23(22)35-25;/h9-14,18H,6-8,15-17H2,1-5H3;1H. The SMILES string of the molecule is CCCCN(CC)S(=O)(=O)c1ccc(C(=O)N(CCN(C)C)c2nc3ccc(S(C)(=O)=O)cc3s2)cc1.Cl. The Balaban J connectivity index is 0.00000507. The molecule has 38 heavy (non-hydrogen) atoms. The van der Waals surface area contributed by atoms with Gasteiger partial charge >= 0.3 is 0 Å². The first-order valence-corrected chi connectivity index (χ1v) is 16.2. The molecule has 1 heterocycles. The van der Waals surface area contributed by atoms with E-state index in [9.17, 15) is 21.6 Å². The van der Waals surface area contributed by atoms with Crippen LogP contribution in [0.5, 0.6) is 0 Å². The van der Waals surface area contributed by atoms with E-state index in [0.29, 0.717) is 47.1 Å². The fourth-order valence-corrected chi connectivity index (χ4v) is 6.92. The molecule has 0 N–H and O–H groups in total. The van der Waals surface area contributed by atoms with Gasteiger partial charge in [-0.2, -0.15) is 4.31 Å². The van der Waals surface area contributed by atoms with Gasteiger partial charge in [-0.05, 0) is 63.0 Å². The summed E-state index contributed by atoms with van der Waals surface area (Å²) < 4.78 is 52.2. The number of likely N-dealkylation sites (N-methyl/N-ethyl adjacent to an activating group) is 1. The van der Waals surface area contributed by atoms with Crippen molar-refractivity contribution in [2.24, 2.45) is 0 Å². The molecule has 3 aromatic rings. The number of fused-ring (bicyclic) bond motifs is 1. The molecule has 0 unspecified atom stereocenters. The molecule has 0 atom stereocenters. The van der Waals surface area contributed by atoms with Gasteiger partial charge in [0.2, 0.25) is 10.0 Å². The summed E-state index contributed by atoms with van der Waals surface area (Å²) in [5, 5.41) is 0.445.